The van der Waals surface area contributed by atoms with Crippen molar-refractivity contribution in [2.45, 2.75) is 44.0 Å². The van der Waals surface area contributed by atoms with Gasteiger partial charge >= 0.3 is 0 Å². The normalized spacial score (nSPS) is 26.8. The lowest BCUT2D eigenvalue weighted by atomic mass is 9.84. The number of hydrogen-bond donors (Lipinski definition) is 2. The van der Waals surface area contributed by atoms with E-state index in [-0.39, 0.29) is 11.5 Å². The lowest BCUT2D eigenvalue weighted by Gasteiger charge is -2.40. The van der Waals surface area contributed by atoms with Crippen LogP contribution in [0.25, 0.3) is 0 Å². The van der Waals surface area contributed by atoms with Gasteiger partial charge in [-0.15, -0.1) is 0 Å². The third-order valence-corrected chi connectivity index (χ3v) is 6.09. The van der Waals surface area contributed by atoms with Gasteiger partial charge in [0, 0.05) is 25.2 Å². The van der Waals surface area contributed by atoms with Gasteiger partial charge in [0.2, 0.25) is 0 Å². The Hall–Kier alpha value is -2.31. The molecule has 2 N–H and O–H groups in total. The number of nitrogens with zero attached hydrogens (tertiary/aromatic N) is 1. The minimum atomic E-state index is -0.494. The molecule has 0 aliphatic carbocycles. The molecule has 1 aromatic carbocycles. The van der Waals surface area contributed by atoms with Crippen LogP contribution in [-0.4, -0.2) is 41.8 Å². The Bertz CT molecular complexity index is 869. The van der Waals surface area contributed by atoms with Gasteiger partial charge in [-0.1, -0.05) is 12.1 Å². The highest BCUT2D eigenvalue weighted by molar-refractivity contribution is 6.02. The van der Waals surface area contributed by atoms with Crippen molar-refractivity contribution in [2.24, 2.45) is 0 Å². The van der Waals surface area contributed by atoms with Crippen molar-refractivity contribution in [1.82, 2.24) is 10.2 Å². The summed E-state index contributed by atoms with van der Waals surface area (Å²) < 4.78 is 12.0. The second kappa shape index (κ2) is 6.11. The maximum Gasteiger partial charge on any atom is 0.255 e. The summed E-state index contributed by atoms with van der Waals surface area (Å²) in [7, 11) is 0. The predicted octanol–water partition coefficient (Wildman–Crippen LogP) is 2.89. The van der Waals surface area contributed by atoms with E-state index in [2.05, 4.69) is 21.6 Å². The number of amides is 1. The van der Waals surface area contributed by atoms with Crippen molar-refractivity contribution in [3.05, 3.63) is 53.5 Å². The molecule has 0 saturated carbocycles. The third-order valence-electron chi connectivity index (χ3n) is 6.09. The Morgan fingerprint density at radius 1 is 1.11 bits per heavy atom. The summed E-state index contributed by atoms with van der Waals surface area (Å²) in [5.74, 6) is 1.96. The number of carbonyl (C=O) groups excluding carboxylic acids is 1. The first-order valence-corrected chi connectivity index (χ1v) is 9.66. The summed E-state index contributed by atoms with van der Waals surface area (Å²) in [5, 5.41) is 6.71. The molecule has 142 valence electrons. The van der Waals surface area contributed by atoms with E-state index < -0.39 is 5.66 Å². The molecule has 4 heterocycles. The van der Waals surface area contributed by atoms with E-state index in [9.17, 15) is 4.79 Å². The standard InChI is InChI=1S/C21H25N3O3/c1-15-6-7-16(27-15)12-24-10-8-20(9-11-24)13-21(14-26-20)22-18-5-3-2-4-17(18)19(25)23-21/h2-7,22H,8-14H2,1H3,(H,23,25)/t21-/m1/s1. The fourth-order valence-corrected chi connectivity index (χ4v) is 4.68. The van der Waals surface area contributed by atoms with E-state index in [1.807, 2.05) is 37.3 Å². The third kappa shape index (κ3) is 3.03. The average Bonchev–Trinajstić information content (AvgIpc) is 3.21. The minimum absolute atomic E-state index is 0.0179. The zero-order valence-corrected chi connectivity index (χ0v) is 15.6. The van der Waals surface area contributed by atoms with Gasteiger partial charge in [-0.2, -0.15) is 0 Å². The van der Waals surface area contributed by atoms with E-state index in [4.69, 9.17) is 9.15 Å². The molecular formula is C21H25N3O3. The Morgan fingerprint density at radius 2 is 1.93 bits per heavy atom. The Kier molecular flexibility index (Phi) is 3.81. The number of aryl methyl sites for hydroxylation is 1. The van der Waals surface area contributed by atoms with Crippen LogP contribution in [0.5, 0.6) is 0 Å². The highest BCUT2D eigenvalue weighted by Gasteiger charge is 2.53. The number of para-hydroxylation sites is 1. The van der Waals surface area contributed by atoms with Crippen LogP contribution in [0.2, 0.25) is 0 Å². The fraction of sp³-hybridized carbons (Fsp3) is 0.476. The van der Waals surface area contributed by atoms with E-state index in [0.717, 1.165) is 56.1 Å². The summed E-state index contributed by atoms with van der Waals surface area (Å²) in [6, 6.07) is 11.7. The van der Waals surface area contributed by atoms with Crippen LogP contribution in [0.4, 0.5) is 5.69 Å². The van der Waals surface area contributed by atoms with Crippen LogP contribution in [-0.2, 0) is 11.3 Å². The Balaban J connectivity index is 1.26. The van der Waals surface area contributed by atoms with Crippen molar-refractivity contribution < 1.29 is 13.9 Å². The largest absolute Gasteiger partial charge is 0.465 e. The molecule has 2 fully saturated rings. The lowest BCUT2D eigenvalue weighted by Crippen LogP contribution is -2.59. The highest BCUT2D eigenvalue weighted by atomic mass is 16.5. The predicted molar refractivity (Wildman–Crippen MR) is 102 cm³/mol. The maximum atomic E-state index is 12.5. The molecule has 5 rings (SSSR count). The summed E-state index contributed by atoms with van der Waals surface area (Å²) >= 11 is 0. The van der Waals surface area contributed by atoms with Gasteiger partial charge in [-0.3, -0.25) is 9.69 Å². The summed E-state index contributed by atoms with van der Waals surface area (Å²) in [6.45, 7) is 5.27. The van der Waals surface area contributed by atoms with Crippen LogP contribution in [0.1, 0.15) is 41.1 Å². The van der Waals surface area contributed by atoms with Crippen molar-refractivity contribution in [3.63, 3.8) is 0 Å². The van der Waals surface area contributed by atoms with Gasteiger partial charge in [-0.25, -0.2) is 0 Å². The van der Waals surface area contributed by atoms with E-state index >= 15 is 0 Å². The van der Waals surface area contributed by atoms with Gasteiger partial charge in [-0.05, 0) is 44.0 Å². The molecule has 0 unspecified atom stereocenters. The SMILES string of the molecule is Cc1ccc(CN2CCC3(CC2)C[C@]2(CO3)NC(=O)c3ccccc3N2)o1. The number of furan rings is 1. The number of rotatable bonds is 2. The van der Waals surface area contributed by atoms with Gasteiger partial charge in [0.1, 0.15) is 17.2 Å². The first kappa shape index (κ1) is 16.8. The van der Waals surface area contributed by atoms with Gasteiger partial charge in [0.05, 0.1) is 24.3 Å². The maximum absolute atomic E-state index is 12.5. The van der Waals surface area contributed by atoms with Crippen molar-refractivity contribution in [2.75, 3.05) is 25.0 Å². The topological polar surface area (TPSA) is 66.7 Å². The van der Waals surface area contributed by atoms with Crippen molar-refractivity contribution in [1.29, 1.82) is 0 Å². The molecule has 1 amide bonds. The minimum Gasteiger partial charge on any atom is -0.465 e. The van der Waals surface area contributed by atoms with Crippen LogP contribution in [0.3, 0.4) is 0 Å². The zero-order valence-electron chi connectivity index (χ0n) is 15.6. The number of anilines is 1. The molecule has 3 aliphatic rings. The Labute approximate surface area is 158 Å². The van der Waals surface area contributed by atoms with E-state index in [1.165, 1.54) is 0 Å². The number of nitrogens with one attached hydrogen (secondary N) is 2. The molecule has 3 aliphatic heterocycles. The van der Waals surface area contributed by atoms with Crippen LogP contribution in [0, 0.1) is 6.92 Å². The van der Waals surface area contributed by atoms with Crippen molar-refractivity contribution >= 4 is 11.6 Å². The number of piperidine rings is 1. The second-order valence-corrected chi connectivity index (χ2v) is 8.14. The average molecular weight is 367 g/mol. The second-order valence-electron chi connectivity index (χ2n) is 8.14. The molecule has 0 radical (unpaired) electrons. The van der Waals surface area contributed by atoms with Gasteiger partial charge < -0.3 is 19.8 Å². The summed E-state index contributed by atoms with van der Waals surface area (Å²) in [5.41, 5.74) is 0.939. The monoisotopic (exact) mass is 367 g/mol. The number of benzene rings is 1. The van der Waals surface area contributed by atoms with Crippen molar-refractivity contribution in [3.8, 4) is 0 Å². The Morgan fingerprint density at radius 3 is 2.70 bits per heavy atom. The first-order valence-electron chi connectivity index (χ1n) is 9.66. The summed E-state index contributed by atoms with van der Waals surface area (Å²) in [4.78, 5) is 15.0. The van der Waals surface area contributed by atoms with Gasteiger partial charge in [0.15, 0.2) is 0 Å². The van der Waals surface area contributed by atoms with Gasteiger partial charge in [0.25, 0.3) is 5.91 Å². The fourth-order valence-electron chi connectivity index (χ4n) is 4.68. The molecule has 2 spiro atoms. The molecule has 6 nitrogen and oxygen atoms in total. The number of hydrogen-bond acceptors (Lipinski definition) is 5. The molecule has 2 saturated heterocycles. The highest BCUT2D eigenvalue weighted by Crippen LogP contribution is 2.43. The van der Waals surface area contributed by atoms with E-state index in [0.29, 0.717) is 12.2 Å². The number of carbonyl (C=O) groups is 1. The number of ether oxygens (including phenoxy) is 1. The molecule has 0 bridgehead atoms. The first-order chi connectivity index (χ1) is 13.0. The smallest absolute Gasteiger partial charge is 0.255 e. The quantitative estimate of drug-likeness (QED) is 0.854. The van der Waals surface area contributed by atoms with E-state index in [1.54, 1.807) is 0 Å². The number of likely N-dealkylation sites (tertiary alicyclic amines) is 1. The molecule has 1 atom stereocenters. The lowest BCUT2D eigenvalue weighted by molar-refractivity contribution is -0.0461. The molecule has 6 heteroatoms. The molecule has 1 aromatic heterocycles. The van der Waals surface area contributed by atoms with Crippen LogP contribution >= 0.6 is 0 Å². The molecule has 27 heavy (non-hydrogen) atoms. The van der Waals surface area contributed by atoms with Crippen LogP contribution < -0.4 is 10.6 Å². The molecular weight excluding hydrogens is 342 g/mol. The zero-order chi connectivity index (χ0) is 18.5. The number of fused-ring (bicyclic) bond motifs is 1. The van der Waals surface area contributed by atoms with Crippen LogP contribution in [0.15, 0.2) is 40.8 Å². The molecule has 2 aromatic rings. The summed E-state index contributed by atoms with van der Waals surface area (Å²) in [6.07, 6.45) is 2.73.